The molecule has 1 aromatic rings. The number of carboxylic acids is 1. The van der Waals surface area contributed by atoms with Crippen molar-refractivity contribution >= 4 is 24.1 Å². The Morgan fingerprint density at radius 1 is 1.12 bits per heavy atom. The fourth-order valence-electron chi connectivity index (χ4n) is 1.20. The average Bonchev–Trinajstić information content (AvgIpc) is 2.34. The van der Waals surface area contributed by atoms with Crippen molar-refractivity contribution in [3.63, 3.8) is 0 Å². The van der Waals surface area contributed by atoms with Crippen molar-refractivity contribution < 1.29 is 19.4 Å². The Bertz CT molecular complexity index is 472. The third-order valence-corrected chi connectivity index (χ3v) is 2.00. The van der Waals surface area contributed by atoms with E-state index in [9.17, 15) is 9.59 Å². The highest BCUT2D eigenvalue weighted by atomic mass is 16.5. The Labute approximate surface area is 98.8 Å². The lowest BCUT2D eigenvalue weighted by molar-refractivity contribution is -0.135. The molecule has 0 amide bonds. The standard InChI is InChI=1S/C13H12O4/c1-17-13(16)9-7-11-5-3-2-4-10(11)6-8-12(14)15/h2-9H,1H3,(H,14,15)/b8-6+,9-7?. The molecule has 0 heterocycles. The van der Waals surface area contributed by atoms with E-state index in [-0.39, 0.29) is 0 Å². The van der Waals surface area contributed by atoms with Gasteiger partial charge in [-0.1, -0.05) is 24.3 Å². The van der Waals surface area contributed by atoms with Gasteiger partial charge < -0.3 is 9.84 Å². The number of methoxy groups -OCH3 is 1. The zero-order valence-corrected chi connectivity index (χ0v) is 9.29. The maximum Gasteiger partial charge on any atom is 0.330 e. The summed E-state index contributed by atoms with van der Waals surface area (Å²) >= 11 is 0. The predicted octanol–water partition coefficient (Wildman–Crippen LogP) is 1.97. The molecule has 0 radical (unpaired) electrons. The SMILES string of the molecule is COC(=O)C=Cc1ccccc1/C=C/C(=O)O. The Morgan fingerprint density at radius 2 is 1.65 bits per heavy atom. The highest BCUT2D eigenvalue weighted by Crippen LogP contribution is 2.12. The molecule has 0 aliphatic carbocycles. The summed E-state index contributed by atoms with van der Waals surface area (Å²) in [4.78, 5) is 21.4. The molecule has 0 bridgehead atoms. The van der Waals surface area contributed by atoms with E-state index in [1.54, 1.807) is 30.3 Å². The second kappa shape index (κ2) is 6.27. The first-order chi connectivity index (χ1) is 8.13. The number of carboxylic acid groups (broad SMARTS) is 1. The van der Waals surface area contributed by atoms with Crippen LogP contribution in [0.5, 0.6) is 0 Å². The highest BCUT2D eigenvalue weighted by molar-refractivity contribution is 5.89. The molecular weight excluding hydrogens is 220 g/mol. The summed E-state index contributed by atoms with van der Waals surface area (Å²) in [6, 6.07) is 7.13. The van der Waals surface area contributed by atoms with Gasteiger partial charge in [0.1, 0.15) is 0 Å². The molecule has 88 valence electrons. The first-order valence-electron chi connectivity index (χ1n) is 4.89. The lowest BCUT2D eigenvalue weighted by Gasteiger charge is -1.99. The molecule has 0 aromatic heterocycles. The molecule has 0 fully saturated rings. The number of carbonyl (C=O) groups excluding carboxylic acids is 1. The number of ether oxygens (including phenoxy) is 1. The van der Waals surface area contributed by atoms with Crippen LogP contribution in [0.15, 0.2) is 36.4 Å². The van der Waals surface area contributed by atoms with Gasteiger partial charge in [0.05, 0.1) is 7.11 Å². The molecule has 0 saturated carbocycles. The molecule has 0 spiro atoms. The maximum absolute atomic E-state index is 10.9. The molecule has 1 N–H and O–H groups in total. The first kappa shape index (κ1) is 12.7. The van der Waals surface area contributed by atoms with Crippen LogP contribution < -0.4 is 0 Å². The monoisotopic (exact) mass is 232 g/mol. The Morgan fingerprint density at radius 3 is 2.12 bits per heavy atom. The minimum absolute atomic E-state index is 0.456. The van der Waals surface area contributed by atoms with Crippen molar-refractivity contribution in [2.75, 3.05) is 7.11 Å². The maximum atomic E-state index is 10.9. The van der Waals surface area contributed by atoms with Gasteiger partial charge in [-0.25, -0.2) is 9.59 Å². The predicted molar refractivity (Wildman–Crippen MR) is 64.2 cm³/mol. The van der Waals surface area contributed by atoms with Gasteiger partial charge >= 0.3 is 11.9 Å². The van der Waals surface area contributed by atoms with Crippen LogP contribution >= 0.6 is 0 Å². The zero-order valence-electron chi connectivity index (χ0n) is 9.29. The minimum Gasteiger partial charge on any atom is -0.478 e. The van der Waals surface area contributed by atoms with E-state index in [4.69, 9.17) is 5.11 Å². The molecule has 0 atom stereocenters. The molecular formula is C13H12O4. The largest absolute Gasteiger partial charge is 0.478 e. The molecule has 0 unspecified atom stereocenters. The van der Waals surface area contributed by atoms with E-state index in [0.29, 0.717) is 0 Å². The summed E-state index contributed by atoms with van der Waals surface area (Å²) in [6.07, 6.45) is 5.38. The van der Waals surface area contributed by atoms with Crippen molar-refractivity contribution in [2.45, 2.75) is 0 Å². The van der Waals surface area contributed by atoms with Gasteiger partial charge in [-0.2, -0.15) is 0 Å². The van der Waals surface area contributed by atoms with Crippen molar-refractivity contribution in [3.8, 4) is 0 Å². The second-order valence-corrected chi connectivity index (χ2v) is 3.16. The fraction of sp³-hybridized carbons (Fsp3) is 0.0769. The van der Waals surface area contributed by atoms with Crippen LogP contribution in [-0.4, -0.2) is 24.2 Å². The van der Waals surface area contributed by atoms with Crippen LogP contribution in [0.2, 0.25) is 0 Å². The number of hydrogen-bond donors (Lipinski definition) is 1. The number of hydrogen-bond acceptors (Lipinski definition) is 3. The van der Waals surface area contributed by atoms with E-state index in [0.717, 1.165) is 17.2 Å². The normalized spacial score (nSPS) is 10.9. The number of aliphatic carboxylic acids is 1. The van der Waals surface area contributed by atoms with E-state index in [1.165, 1.54) is 19.3 Å². The van der Waals surface area contributed by atoms with Crippen molar-refractivity contribution in [2.24, 2.45) is 0 Å². The summed E-state index contributed by atoms with van der Waals surface area (Å²) in [5.41, 5.74) is 1.46. The van der Waals surface area contributed by atoms with Crippen LogP contribution in [-0.2, 0) is 14.3 Å². The van der Waals surface area contributed by atoms with Crippen LogP contribution in [0.3, 0.4) is 0 Å². The molecule has 4 nitrogen and oxygen atoms in total. The van der Waals surface area contributed by atoms with Crippen molar-refractivity contribution in [3.05, 3.63) is 47.5 Å². The number of rotatable bonds is 4. The smallest absolute Gasteiger partial charge is 0.330 e. The van der Waals surface area contributed by atoms with Crippen molar-refractivity contribution in [1.82, 2.24) is 0 Å². The summed E-state index contributed by atoms with van der Waals surface area (Å²) in [5.74, 6) is -1.47. The van der Waals surface area contributed by atoms with Crippen LogP contribution in [0.1, 0.15) is 11.1 Å². The quantitative estimate of drug-likeness (QED) is 0.636. The van der Waals surface area contributed by atoms with E-state index >= 15 is 0 Å². The molecule has 0 saturated heterocycles. The third kappa shape index (κ3) is 4.34. The van der Waals surface area contributed by atoms with Crippen LogP contribution in [0.25, 0.3) is 12.2 Å². The van der Waals surface area contributed by atoms with Gasteiger partial charge in [0.2, 0.25) is 0 Å². The summed E-state index contributed by atoms with van der Waals surface area (Å²) in [7, 11) is 1.29. The molecule has 17 heavy (non-hydrogen) atoms. The zero-order chi connectivity index (χ0) is 12.7. The van der Waals surface area contributed by atoms with Gasteiger partial charge in [-0.15, -0.1) is 0 Å². The van der Waals surface area contributed by atoms with Crippen LogP contribution in [0.4, 0.5) is 0 Å². The number of esters is 1. The summed E-state index contributed by atoms with van der Waals surface area (Å²) < 4.78 is 4.47. The van der Waals surface area contributed by atoms with Gasteiger partial charge in [0.15, 0.2) is 0 Å². The van der Waals surface area contributed by atoms with E-state index in [1.807, 2.05) is 0 Å². The van der Waals surface area contributed by atoms with E-state index < -0.39 is 11.9 Å². The van der Waals surface area contributed by atoms with E-state index in [2.05, 4.69) is 4.74 Å². The molecule has 0 aliphatic rings. The number of benzene rings is 1. The van der Waals surface area contributed by atoms with Gasteiger partial charge in [-0.05, 0) is 23.3 Å². The Kier molecular flexibility index (Phi) is 4.69. The van der Waals surface area contributed by atoms with Gasteiger partial charge in [0.25, 0.3) is 0 Å². The van der Waals surface area contributed by atoms with Gasteiger partial charge in [-0.3, -0.25) is 0 Å². The lowest BCUT2D eigenvalue weighted by Crippen LogP contribution is -1.93. The lowest BCUT2D eigenvalue weighted by atomic mass is 10.1. The second-order valence-electron chi connectivity index (χ2n) is 3.16. The topological polar surface area (TPSA) is 63.6 Å². The Hall–Kier alpha value is -2.36. The average molecular weight is 232 g/mol. The summed E-state index contributed by atoms with van der Waals surface area (Å²) in [5, 5.41) is 8.54. The number of carbonyl (C=O) groups is 2. The third-order valence-electron chi connectivity index (χ3n) is 2.00. The first-order valence-corrected chi connectivity index (χ1v) is 4.89. The molecule has 4 heteroatoms. The van der Waals surface area contributed by atoms with Gasteiger partial charge in [0, 0.05) is 12.2 Å². The molecule has 0 aliphatic heterocycles. The summed E-state index contributed by atoms with van der Waals surface area (Å²) in [6.45, 7) is 0. The Balaban J connectivity index is 2.96. The molecule has 1 aromatic carbocycles. The highest BCUT2D eigenvalue weighted by Gasteiger charge is 1.97. The minimum atomic E-state index is -1.02. The van der Waals surface area contributed by atoms with Crippen molar-refractivity contribution in [1.29, 1.82) is 0 Å². The fourth-order valence-corrected chi connectivity index (χ4v) is 1.20. The molecule has 1 rings (SSSR count). The van der Waals surface area contributed by atoms with Crippen LogP contribution in [0, 0.1) is 0 Å².